The van der Waals surface area contributed by atoms with E-state index in [4.69, 9.17) is 5.73 Å². The summed E-state index contributed by atoms with van der Waals surface area (Å²) >= 11 is 0. The van der Waals surface area contributed by atoms with Crippen molar-refractivity contribution in [1.29, 1.82) is 0 Å². The number of sulfonamides is 1. The molecule has 0 heterocycles. The molecule has 0 aliphatic heterocycles. The van der Waals surface area contributed by atoms with E-state index >= 15 is 0 Å². The molecule has 0 saturated heterocycles. The minimum absolute atomic E-state index is 0.0554. The summed E-state index contributed by atoms with van der Waals surface area (Å²) in [5.74, 6) is -1.00. The van der Waals surface area contributed by atoms with Gasteiger partial charge in [0.1, 0.15) is 10.7 Å². The Labute approximate surface area is 124 Å². The highest BCUT2D eigenvalue weighted by atomic mass is 32.2. The molecule has 6 nitrogen and oxygen atoms in total. The fraction of sp³-hybridized carbons (Fsp3) is 0.500. The van der Waals surface area contributed by atoms with Crippen molar-refractivity contribution in [1.82, 2.24) is 4.72 Å². The first-order valence-corrected chi connectivity index (χ1v) is 9.70. The summed E-state index contributed by atoms with van der Waals surface area (Å²) in [4.78, 5) is -0.940. The quantitative estimate of drug-likeness (QED) is 0.710. The monoisotopic (exact) mass is 338 g/mol. The first-order valence-electron chi connectivity index (χ1n) is 6.32. The van der Waals surface area contributed by atoms with Gasteiger partial charge in [-0.3, -0.25) is 0 Å². The van der Waals surface area contributed by atoms with Gasteiger partial charge in [0.05, 0.1) is 4.90 Å². The molecule has 1 atom stereocenters. The molecule has 0 fully saturated rings. The van der Waals surface area contributed by atoms with E-state index in [0.717, 1.165) is 24.5 Å². The van der Waals surface area contributed by atoms with Crippen LogP contribution in [0.15, 0.2) is 28.0 Å². The molecule has 0 bridgehead atoms. The molecule has 0 aliphatic rings. The number of sulfone groups is 1. The van der Waals surface area contributed by atoms with Crippen LogP contribution < -0.4 is 10.5 Å². The van der Waals surface area contributed by atoms with Crippen molar-refractivity contribution in [3.63, 3.8) is 0 Å². The summed E-state index contributed by atoms with van der Waals surface area (Å²) in [5.41, 5.74) is 5.66. The van der Waals surface area contributed by atoms with Crippen LogP contribution in [0.5, 0.6) is 0 Å². The maximum absolute atomic E-state index is 13.7. The van der Waals surface area contributed by atoms with Gasteiger partial charge in [0.25, 0.3) is 0 Å². The highest BCUT2D eigenvalue weighted by Gasteiger charge is 2.21. The molecule has 9 heteroatoms. The highest BCUT2D eigenvalue weighted by Crippen LogP contribution is 2.19. The molecule has 0 saturated carbocycles. The molecule has 1 unspecified atom stereocenters. The molecule has 1 rings (SSSR count). The summed E-state index contributed by atoms with van der Waals surface area (Å²) < 4.78 is 62.7. The first kappa shape index (κ1) is 18.0. The maximum atomic E-state index is 13.7. The first-order chi connectivity index (χ1) is 9.58. The number of benzene rings is 1. The lowest BCUT2D eigenvalue weighted by molar-refractivity contribution is 0.543. The lowest BCUT2D eigenvalue weighted by Gasteiger charge is -2.11. The third kappa shape index (κ3) is 5.03. The third-order valence-electron chi connectivity index (χ3n) is 2.95. The van der Waals surface area contributed by atoms with Gasteiger partial charge in [0.2, 0.25) is 10.0 Å². The van der Waals surface area contributed by atoms with Gasteiger partial charge in [0, 0.05) is 18.8 Å². The Morgan fingerprint density at radius 3 is 2.43 bits per heavy atom. The van der Waals surface area contributed by atoms with Crippen LogP contribution in [-0.4, -0.2) is 35.7 Å². The Kier molecular flexibility index (Phi) is 5.85. The molecule has 0 radical (unpaired) electrons. The van der Waals surface area contributed by atoms with E-state index in [1.165, 1.54) is 0 Å². The Morgan fingerprint density at radius 2 is 1.90 bits per heavy atom. The van der Waals surface area contributed by atoms with Crippen molar-refractivity contribution < 1.29 is 21.2 Å². The van der Waals surface area contributed by atoms with Crippen LogP contribution in [0.4, 0.5) is 4.39 Å². The molecule has 3 N–H and O–H groups in total. The average Bonchev–Trinajstić information content (AvgIpc) is 2.37. The van der Waals surface area contributed by atoms with Crippen molar-refractivity contribution in [2.45, 2.75) is 35.6 Å². The summed E-state index contributed by atoms with van der Waals surface area (Å²) in [6.07, 6.45) is 2.02. The lowest BCUT2D eigenvalue weighted by Crippen LogP contribution is -2.30. The van der Waals surface area contributed by atoms with Crippen molar-refractivity contribution >= 4 is 19.9 Å². The van der Waals surface area contributed by atoms with Crippen LogP contribution in [0, 0.1) is 5.82 Å². The van der Waals surface area contributed by atoms with Crippen LogP contribution >= 0.6 is 0 Å². The number of nitrogens with one attached hydrogen (secondary N) is 1. The van der Waals surface area contributed by atoms with Crippen LogP contribution in [0.1, 0.15) is 19.8 Å². The SMILES string of the molecule is CCC(N)CCNS(=O)(=O)c1cc(S(C)(=O)=O)ccc1F. The zero-order valence-electron chi connectivity index (χ0n) is 11.8. The predicted octanol–water partition coefficient (Wildman–Crippen LogP) is 0.635. The third-order valence-corrected chi connectivity index (χ3v) is 5.54. The van der Waals surface area contributed by atoms with Gasteiger partial charge in [-0.05, 0) is 31.0 Å². The average molecular weight is 338 g/mol. The Bertz CT molecular complexity index is 702. The number of rotatable bonds is 7. The van der Waals surface area contributed by atoms with E-state index in [1.54, 1.807) is 0 Å². The molecule has 0 aliphatic carbocycles. The van der Waals surface area contributed by atoms with Crippen molar-refractivity contribution in [2.75, 3.05) is 12.8 Å². The number of hydrogen-bond acceptors (Lipinski definition) is 5. The zero-order valence-corrected chi connectivity index (χ0v) is 13.5. The topological polar surface area (TPSA) is 106 Å². The Balaban J connectivity index is 3.03. The van der Waals surface area contributed by atoms with Gasteiger partial charge in [-0.2, -0.15) is 0 Å². The zero-order chi connectivity index (χ0) is 16.3. The second-order valence-electron chi connectivity index (χ2n) is 4.72. The standard InChI is InChI=1S/C12H19FN2O4S2/c1-3-9(14)6-7-15-21(18,19)12-8-10(20(2,16)17)4-5-11(12)13/h4-5,8-9,15H,3,6-7,14H2,1-2H3. The fourth-order valence-electron chi connectivity index (χ4n) is 1.58. The van der Waals surface area contributed by atoms with Crippen molar-refractivity contribution in [3.8, 4) is 0 Å². The summed E-state index contributed by atoms with van der Waals surface area (Å²) in [6.45, 7) is 1.92. The van der Waals surface area contributed by atoms with E-state index in [9.17, 15) is 21.2 Å². The molecule has 120 valence electrons. The van der Waals surface area contributed by atoms with E-state index in [0.29, 0.717) is 12.8 Å². The molecule has 1 aromatic rings. The second-order valence-corrected chi connectivity index (χ2v) is 8.47. The number of nitrogens with two attached hydrogens (primary N) is 1. The second kappa shape index (κ2) is 6.82. The van der Waals surface area contributed by atoms with E-state index in [2.05, 4.69) is 4.72 Å². The minimum Gasteiger partial charge on any atom is -0.328 e. The van der Waals surface area contributed by atoms with Crippen molar-refractivity contribution in [3.05, 3.63) is 24.0 Å². The number of halogens is 1. The van der Waals surface area contributed by atoms with Crippen LogP contribution in [0.3, 0.4) is 0 Å². The Morgan fingerprint density at radius 1 is 1.29 bits per heavy atom. The summed E-state index contributed by atoms with van der Waals surface area (Å²) in [5, 5.41) is 0. The smallest absolute Gasteiger partial charge is 0.243 e. The predicted molar refractivity (Wildman–Crippen MR) is 77.6 cm³/mol. The molecule has 0 spiro atoms. The van der Waals surface area contributed by atoms with Gasteiger partial charge in [-0.25, -0.2) is 25.9 Å². The molecular weight excluding hydrogens is 319 g/mol. The van der Waals surface area contributed by atoms with Crippen LogP contribution in [0.25, 0.3) is 0 Å². The Hall–Kier alpha value is -1.03. The fourth-order valence-corrected chi connectivity index (χ4v) is 3.45. The van der Waals surface area contributed by atoms with Crippen molar-refractivity contribution in [2.24, 2.45) is 5.73 Å². The summed E-state index contributed by atoms with van der Waals surface area (Å²) in [6, 6.07) is 2.51. The molecule has 1 aromatic carbocycles. The van der Waals surface area contributed by atoms with Crippen LogP contribution in [0.2, 0.25) is 0 Å². The highest BCUT2D eigenvalue weighted by molar-refractivity contribution is 7.91. The van der Waals surface area contributed by atoms with Gasteiger partial charge >= 0.3 is 0 Å². The van der Waals surface area contributed by atoms with Gasteiger partial charge in [0.15, 0.2) is 9.84 Å². The summed E-state index contributed by atoms with van der Waals surface area (Å²) in [7, 11) is -7.74. The molecular formula is C12H19FN2O4S2. The molecule has 0 amide bonds. The van der Waals surface area contributed by atoms with Gasteiger partial charge < -0.3 is 5.73 Å². The maximum Gasteiger partial charge on any atom is 0.243 e. The van der Waals surface area contributed by atoms with E-state index < -0.39 is 30.6 Å². The molecule has 21 heavy (non-hydrogen) atoms. The van der Waals surface area contributed by atoms with Crippen LogP contribution in [-0.2, 0) is 19.9 Å². The largest absolute Gasteiger partial charge is 0.328 e. The van der Waals surface area contributed by atoms with E-state index in [1.807, 2.05) is 6.92 Å². The lowest BCUT2D eigenvalue weighted by atomic mass is 10.2. The minimum atomic E-state index is -4.12. The molecule has 0 aromatic heterocycles. The number of hydrogen-bond donors (Lipinski definition) is 2. The van der Waals surface area contributed by atoms with Gasteiger partial charge in [-0.15, -0.1) is 0 Å². The van der Waals surface area contributed by atoms with Gasteiger partial charge in [-0.1, -0.05) is 6.92 Å². The normalized spacial score (nSPS) is 14.1. The van der Waals surface area contributed by atoms with E-state index in [-0.39, 0.29) is 17.5 Å².